The first-order valence-corrected chi connectivity index (χ1v) is 8.24. The van der Waals surface area contributed by atoms with Crippen LogP contribution in [0, 0.1) is 0 Å². The largest absolute Gasteiger partial charge is 0.437 e. The molecule has 114 valence electrons. The van der Waals surface area contributed by atoms with Crippen LogP contribution in [0.2, 0.25) is 0 Å². The number of thioether (sulfide) groups is 1. The summed E-state index contributed by atoms with van der Waals surface area (Å²) >= 11 is 1.57. The number of hydrogen-bond donors (Lipinski definition) is 0. The number of carbonyl (C=O) groups is 1. The van der Waals surface area contributed by atoms with Crippen LogP contribution in [0.25, 0.3) is 5.69 Å². The zero-order chi connectivity index (χ0) is 15.9. The molecule has 2 aromatic carbocycles. The summed E-state index contributed by atoms with van der Waals surface area (Å²) in [6, 6.07) is 22.1. The Morgan fingerprint density at radius 2 is 1.74 bits per heavy atom. The zero-order valence-corrected chi connectivity index (χ0v) is 13.4. The Labute approximate surface area is 138 Å². The fourth-order valence-corrected chi connectivity index (χ4v) is 4.42. The van der Waals surface area contributed by atoms with Gasteiger partial charge in [-0.15, -0.1) is 0 Å². The smallest absolute Gasteiger partial charge is 0.304 e. The van der Waals surface area contributed by atoms with Gasteiger partial charge in [-0.1, -0.05) is 54.2 Å². The molecule has 0 aliphatic carbocycles. The van der Waals surface area contributed by atoms with Gasteiger partial charge in [0.2, 0.25) is 4.93 Å². The number of hydrogen-bond acceptors (Lipinski definition) is 3. The highest BCUT2D eigenvalue weighted by molar-refractivity contribution is 8.00. The van der Waals surface area contributed by atoms with Crippen LogP contribution in [-0.2, 0) is 14.5 Å². The van der Waals surface area contributed by atoms with Gasteiger partial charge < -0.3 is 9.30 Å². The minimum Gasteiger partial charge on any atom is -0.437 e. The van der Waals surface area contributed by atoms with Crippen molar-refractivity contribution in [2.45, 2.75) is 16.8 Å². The lowest BCUT2D eigenvalue weighted by molar-refractivity contribution is -0.147. The third kappa shape index (κ3) is 2.18. The van der Waals surface area contributed by atoms with E-state index in [-0.39, 0.29) is 5.97 Å². The predicted octanol–water partition coefficient (Wildman–Crippen LogP) is 4.35. The van der Waals surface area contributed by atoms with Crippen molar-refractivity contribution in [3.8, 4) is 5.69 Å². The van der Waals surface area contributed by atoms with E-state index in [1.807, 2.05) is 60.8 Å². The molecule has 2 heterocycles. The van der Waals surface area contributed by atoms with Crippen molar-refractivity contribution in [2.75, 3.05) is 0 Å². The molecule has 0 radical (unpaired) electrons. The van der Waals surface area contributed by atoms with E-state index >= 15 is 0 Å². The van der Waals surface area contributed by atoms with E-state index in [9.17, 15) is 4.79 Å². The lowest BCUT2D eigenvalue weighted by Gasteiger charge is -2.38. The number of aromatic nitrogens is 1. The average Bonchev–Trinajstić information content (AvgIpc) is 3.06. The van der Waals surface area contributed by atoms with Crippen LogP contribution in [0.5, 0.6) is 0 Å². The molecule has 0 saturated carbocycles. The molecule has 0 unspecified atom stereocenters. The van der Waals surface area contributed by atoms with Gasteiger partial charge in [-0.2, -0.15) is 0 Å². The second-order valence-electron chi connectivity index (χ2n) is 5.41. The summed E-state index contributed by atoms with van der Waals surface area (Å²) in [7, 11) is 0. The van der Waals surface area contributed by atoms with Gasteiger partial charge in [0.05, 0.1) is 11.4 Å². The van der Waals surface area contributed by atoms with Gasteiger partial charge in [0.25, 0.3) is 0 Å². The van der Waals surface area contributed by atoms with Crippen LogP contribution in [0.1, 0.15) is 18.2 Å². The first kappa shape index (κ1) is 14.2. The normalized spacial score (nSPS) is 18.8. The van der Waals surface area contributed by atoms with E-state index in [1.54, 1.807) is 11.8 Å². The fraction of sp³-hybridized carbons (Fsp3) is 0.105. The van der Waals surface area contributed by atoms with Gasteiger partial charge >= 0.3 is 5.97 Å². The van der Waals surface area contributed by atoms with Crippen LogP contribution in [0.3, 0.4) is 0 Å². The Kier molecular flexibility index (Phi) is 3.27. The summed E-state index contributed by atoms with van der Waals surface area (Å²) in [4.78, 5) is 12.1. The lowest BCUT2D eigenvalue weighted by atomic mass is 10.0. The number of nitrogens with zero attached hydrogens (tertiary/aromatic N) is 1. The van der Waals surface area contributed by atoms with Crippen LogP contribution in [-0.4, -0.2) is 10.5 Å². The molecule has 1 aliphatic rings. The summed E-state index contributed by atoms with van der Waals surface area (Å²) < 4.78 is 8.01. The molecule has 0 saturated heterocycles. The van der Waals surface area contributed by atoms with Crippen molar-refractivity contribution in [3.05, 3.63) is 84.2 Å². The maximum absolute atomic E-state index is 11.9. The number of fused-ring (bicyclic) bond motifs is 3. The molecular formula is C19H15NO2S. The van der Waals surface area contributed by atoms with Gasteiger partial charge in [0, 0.05) is 23.6 Å². The Morgan fingerprint density at radius 3 is 2.52 bits per heavy atom. The Bertz CT molecular complexity index is 872. The third-order valence-electron chi connectivity index (χ3n) is 3.91. The van der Waals surface area contributed by atoms with Gasteiger partial charge in [-0.25, -0.2) is 0 Å². The quantitative estimate of drug-likeness (QED) is 0.658. The lowest BCUT2D eigenvalue weighted by Crippen LogP contribution is -2.34. The Balaban J connectivity index is 2.00. The molecule has 0 spiro atoms. The number of benzene rings is 2. The van der Waals surface area contributed by atoms with Crippen LogP contribution < -0.4 is 0 Å². The minimum atomic E-state index is -0.870. The second kappa shape index (κ2) is 5.32. The number of carbonyl (C=O) groups excluding carboxylic acids is 1. The molecule has 1 aromatic heterocycles. The molecule has 3 nitrogen and oxygen atoms in total. The summed E-state index contributed by atoms with van der Waals surface area (Å²) in [6.07, 6.45) is 2.01. The molecule has 1 atom stereocenters. The Morgan fingerprint density at radius 1 is 1.00 bits per heavy atom. The van der Waals surface area contributed by atoms with Crippen molar-refractivity contribution < 1.29 is 9.53 Å². The standard InChI is InChI=1S/C19H15NO2S/c1-14(21)22-19(15-8-3-2-4-9-15)18-12-7-13-20(18)16-10-5-6-11-17(16)23-19/h2-13H,1H3/t19-/m0/s1. The zero-order valence-electron chi connectivity index (χ0n) is 12.6. The van der Waals surface area contributed by atoms with E-state index < -0.39 is 4.93 Å². The molecule has 0 N–H and O–H groups in total. The highest BCUT2D eigenvalue weighted by atomic mass is 32.2. The molecule has 4 heteroatoms. The van der Waals surface area contributed by atoms with Gasteiger partial charge in [0.15, 0.2) is 0 Å². The highest BCUT2D eigenvalue weighted by Crippen LogP contribution is 2.53. The molecule has 4 rings (SSSR count). The average molecular weight is 321 g/mol. The fourth-order valence-electron chi connectivity index (χ4n) is 3.01. The predicted molar refractivity (Wildman–Crippen MR) is 90.6 cm³/mol. The third-order valence-corrected chi connectivity index (χ3v) is 5.29. The van der Waals surface area contributed by atoms with E-state index in [1.165, 1.54) is 6.92 Å². The number of ether oxygens (including phenoxy) is 1. The monoisotopic (exact) mass is 321 g/mol. The first-order chi connectivity index (χ1) is 11.2. The summed E-state index contributed by atoms with van der Waals surface area (Å²) in [5, 5.41) is 0. The first-order valence-electron chi connectivity index (χ1n) is 7.42. The van der Waals surface area contributed by atoms with E-state index in [0.29, 0.717) is 0 Å². The van der Waals surface area contributed by atoms with Crippen LogP contribution >= 0.6 is 11.8 Å². The maximum atomic E-state index is 11.9. The van der Waals surface area contributed by atoms with Crippen molar-refractivity contribution in [3.63, 3.8) is 0 Å². The number of esters is 1. The van der Waals surface area contributed by atoms with Crippen molar-refractivity contribution in [1.29, 1.82) is 0 Å². The molecular weight excluding hydrogens is 306 g/mol. The molecule has 0 amide bonds. The van der Waals surface area contributed by atoms with Crippen molar-refractivity contribution in [1.82, 2.24) is 4.57 Å². The summed E-state index contributed by atoms with van der Waals surface area (Å²) in [6.45, 7) is 1.46. The summed E-state index contributed by atoms with van der Waals surface area (Å²) in [5.41, 5.74) is 3.01. The van der Waals surface area contributed by atoms with Gasteiger partial charge in [-0.05, 0) is 24.3 Å². The van der Waals surface area contributed by atoms with E-state index in [4.69, 9.17) is 4.74 Å². The highest BCUT2D eigenvalue weighted by Gasteiger charge is 2.45. The number of rotatable bonds is 2. The number of para-hydroxylation sites is 1. The second-order valence-corrected chi connectivity index (χ2v) is 6.63. The SMILES string of the molecule is CC(=O)O[C@@]1(c2ccccc2)Sc2ccccc2-n2cccc21. The van der Waals surface area contributed by atoms with Gasteiger partial charge in [-0.3, -0.25) is 4.79 Å². The van der Waals surface area contributed by atoms with Crippen LogP contribution in [0.4, 0.5) is 0 Å². The topological polar surface area (TPSA) is 31.2 Å². The van der Waals surface area contributed by atoms with E-state index in [0.717, 1.165) is 21.8 Å². The minimum absolute atomic E-state index is 0.298. The molecule has 0 bridgehead atoms. The van der Waals surface area contributed by atoms with Crippen molar-refractivity contribution >= 4 is 17.7 Å². The van der Waals surface area contributed by atoms with E-state index in [2.05, 4.69) is 16.7 Å². The van der Waals surface area contributed by atoms with Crippen LogP contribution in [0.15, 0.2) is 77.8 Å². The Hall–Kier alpha value is -2.46. The molecule has 0 fully saturated rings. The van der Waals surface area contributed by atoms with Gasteiger partial charge in [0.1, 0.15) is 0 Å². The van der Waals surface area contributed by atoms with Crippen molar-refractivity contribution in [2.24, 2.45) is 0 Å². The molecule has 1 aliphatic heterocycles. The summed E-state index contributed by atoms with van der Waals surface area (Å²) in [5.74, 6) is -0.298. The maximum Gasteiger partial charge on any atom is 0.304 e. The molecule has 23 heavy (non-hydrogen) atoms. The molecule has 3 aromatic rings.